The highest BCUT2D eigenvalue weighted by Crippen LogP contribution is 2.28. The van der Waals surface area contributed by atoms with E-state index in [2.05, 4.69) is 4.98 Å². The number of rotatable bonds is 6. The lowest BCUT2D eigenvalue weighted by molar-refractivity contribution is -0.142. The van der Waals surface area contributed by atoms with Crippen molar-refractivity contribution in [2.24, 2.45) is 0 Å². The number of carbonyl (C=O) groups is 1. The van der Waals surface area contributed by atoms with E-state index in [1.807, 2.05) is 38.1 Å². The third-order valence-corrected chi connectivity index (χ3v) is 6.58. The number of aryl methyl sites for hydroxylation is 2. The summed E-state index contributed by atoms with van der Waals surface area (Å²) in [5.41, 5.74) is 3.65. The third-order valence-electron chi connectivity index (χ3n) is 4.87. The van der Waals surface area contributed by atoms with Gasteiger partial charge in [-0.3, -0.25) is 4.79 Å². The topological polar surface area (TPSA) is 76.2 Å². The summed E-state index contributed by atoms with van der Waals surface area (Å²) >= 11 is 0. The molecule has 0 unspecified atom stereocenters. The predicted molar refractivity (Wildman–Crippen MR) is 107 cm³/mol. The van der Waals surface area contributed by atoms with Gasteiger partial charge in [0.1, 0.15) is 5.03 Å². The molecule has 1 aromatic heterocycles. The van der Waals surface area contributed by atoms with E-state index in [1.165, 1.54) is 13.2 Å². The molecule has 1 atom stereocenters. The Morgan fingerprint density at radius 2 is 1.75 bits per heavy atom. The predicted octanol–water partition coefficient (Wildman–Crippen LogP) is 3.96. The lowest BCUT2D eigenvalue weighted by Gasteiger charge is -2.15. The summed E-state index contributed by atoms with van der Waals surface area (Å²) in [6.07, 6.45) is 2.00. The van der Waals surface area contributed by atoms with Crippen LogP contribution in [0, 0.1) is 13.8 Å². The Kier molecular flexibility index (Phi) is 5.70. The average molecular weight is 397 g/mol. The zero-order valence-corrected chi connectivity index (χ0v) is 16.9. The maximum atomic E-state index is 12.9. The second kappa shape index (κ2) is 8.02. The molecule has 1 heterocycles. The van der Waals surface area contributed by atoms with Crippen LogP contribution in [0.2, 0.25) is 0 Å². The van der Waals surface area contributed by atoms with Crippen LogP contribution in [0.5, 0.6) is 0 Å². The molecule has 0 aliphatic rings. The van der Waals surface area contributed by atoms with Crippen molar-refractivity contribution in [2.75, 3.05) is 7.11 Å². The molecule has 0 aliphatic heterocycles. The number of sulfone groups is 1. The second-order valence-corrected chi connectivity index (χ2v) is 8.74. The van der Waals surface area contributed by atoms with Crippen LogP contribution < -0.4 is 0 Å². The molecular weight excluding hydrogens is 374 g/mol. The van der Waals surface area contributed by atoms with E-state index in [0.29, 0.717) is 12.0 Å². The first-order valence-corrected chi connectivity index (χ1v) is 10.4. The lowest BCUT2D eigenvalue weighted by atomic mass is 9.92. The Morgan fingerprint density at radius 3 is 2.39 bits per heavy atom. The maximum Gasteiger partial charge on any atom is 0.313 e. The lowest BCUT2D eigenvalue weighted by Crippen LogP contribution is -2.17. The molecule has 0 spiro atoms. The van der Waals surface area contributed by atoms with Crippen molar-refractivity contribution in [3.05, 3.63) is 83.0 Å². The molecule has 0 bridgehead atoms. The number of esters is 1. The summed E-state index contributed by atoms with van der Waals surface area (Å²) in [4.78, 5) is 15.4. The Balaban J connectivity index is 1.95. The highest BCUT2D eigenvalue weighted by Gasteiger charge is 2.27. The van der Waals surface area contributed by atoms with E-state index in [0.717, 1.165) is 16.7 Å². The highest BCUT2D eigenvalue weighted by molar-refractivity contribution is 7.91. The molecule has 5 nitrogen and oxygen atoms in total. The fourth-order valence-corrected chi connectivity index (χ4v) is 4.38. The number of H-pyrrole nitrogens is 1. The van der Waals surface area contributed by atoms with Crippen molar-refractivity contribution in [3.8, 4) is 0 Å². The average Bonchev–Trinajstić information content (AvgIpc) is 3.18. The summed E-state index contributed by atoms with van der Waals surface area (Å²) in [6.45, 7) is 3.88. The van der Waals surface area contributed by atoms with Gasteiger partial charge in [0.05, 0.1) is 17.9 Å². The molecule has 0 saturated heterocycles. The first kappa shape index (κ1) is 19.9. The smallest absolute Gasteiger partial charge is 0.313 e. The van der Waals surface area contributed by atoms with Crippen LogP contribution in [0.15, 0.2) is 70.7 Å². The first-order valence-electron chi connectivity index (χ1n) is 8.95. The zero-order valence-electron chi connectivity index (χ0n) is 16.1. The van der Waals surface area contributed by atoms with Crippen molar-refractivity contribution in [1.29, 1.82) is 0 Å². The standard InChI is InChI=1S/C22H23NO4S/c1-15-8-10-19(11-9-15)28(25,26)21-13-18(14-23-21)20(22(24)27-3)12-17-7-5-4-6-16(17)2/h4-11,13-14,20,23H,12H2,1-3H3/t20-/m1/s1. The minimum Gasteiger partial charge on any atom is -0.469 e. The SMILES string of the molecule is COC(=O)[C@H](Cc1ccccc1C)c1c[nH]c(S(=O)(=O)c2ccc(C)cc2)c1. The van der Waals surface area contributed by atoms with Gasteiger partial charge in [-0.2, -0.15) is 0 Å². The summed E-state index contributed by atoms with van der Waals surface area (Å²) < 4.78 is 30.7. The molecule has 1 N–H and O–H groups in total. The van der Waals surface area contributed by atoms with Gasteiger partial charge in [-0.15, -0.1) is 0 Å². The molecule has 0 aliphatic carbocycles. The van der Waals surface area contributed by atoms with Gasteiger partial charge in [-0.25, -0.2) is 8.42 Å². The number of ether oxygens (including phenoxy) is 1. The van der Waals surface area contributed by atoms with Gasteiger partial charge >= 0.3 is 5.97 Å². The van der Waals surface area contributed by atoms with Crippen molar-refractivity contribution in [3.63, 3.8) is 0 Å². The highest BCUT2D eigenvalue weighted by atomic mass is 32.2. The van der Waals surface area contributed by atoms with E-state index in [9.17, 15) is 13.2 Å². The van der Waals surface area contributed by atoms with E-state index in [-0.39, 0.29) is 9.92 Å². The van der Waals surface area contributed by atoms with Crippen LogP contribution in [-0.2, 0) is 25.8 Å². The number of hydrogen-bond acceptors (Lipinski definition) is 4. The van der Waals surface area contributed by atoms with Gasteiger partial charge in [0.2, 0.25) is 9.84 Å². The normalized spacial score (nSPS) is 12.5. The number of aromatic amines is 1. The number of benzene rings is 2. The molecular formula is C22H23NO4S. The van der Waals surface area contributed by atoms with Crippen LogP contribution in [0.3, 0.4) is 0 Å². The fraction of sp³-hybridized carbons (Fsp3) is 0.227. The molecule has 0 radical (unpaired) electrons. The van der Waals surface area contributed by atoms with Gasteiger partial charge in [-0.1, -0.05) is 42.0 Å². The van der Waals surface area contributed by atoms with Crippen molar-refractivity contribution in [2.45, 2.75) is 36.1 Å². The van der Waals surface area contributed by atoms with Gasteiger partial charge in [0, 0.05) is 6.20 Å². The van der Waals surface area contributed by atoms with Crippen LogP contribution in [0.4, 0.5) is 0 Å². The van der Waals surface area contributed by atoms with Crippen molar-refractivity contribution < 1.29 is 17.9 Å². The number of methoxy groups -OCH3 is 1. The Bertz CT molecular complexity index is 1080. The Hall–Kier alpha value is -2.86. The third kappa shape index (κ3) is 4.02. The number of carbonyl (C=O) groups excluding carboxylic acids is 1. The van der Waals surface area contributed by atoms with Gasteiger partial charge in [0.25, 0.3) is 0 Å². The molecule has 146 valence electrons. The summed E-state index contributed by atoms with van der Waals surface area (Å²) in [7, 11) is -2.35. The van der Waals surface area contributed by atoms with Crippen molar-refractivity contribution >= 4 is 15.8 Å². The van der Waals surface area contributed by atoms with Gasteiger partial charge in [-0.05, 0) is 55.2 Å². The number of hydrogen-bond donors (Lipinski definition) is 1. The molecule has 0 amide bonds. The van der Waals surface area contributed by atoms with Crippen molar-refractivity contribution in [1.82, 2.24) is 4.98 Å². The van der Waals surface area contributed by atoms with E-state index in [4.69, 9.17) is 4.74 Å². The van der Waals surface area contributed by atoms with Crippen LogP contribution in [0.25, 0.3) is 0 Å². The van der Waals surface area contributed by atoms with E-state index >= 15 is 0 Å². The van der Waals surface area contributed by atoms with E-state index in [1.54, 1.807) is 30.5 Å². The fourth-order valence-electron chi connectivity index (χ4n) is 3.13. The molecule has 0 saturated carbocycles. The Morgan fingerprint density at radius 1 is 1.07 bits per heavy atom. The summed E-state index contributed by atoms with van der Waals surface area (Å²) in [5, 5.41) is 0.0602. The summed E-state index contributed by atoms with van der Waals surface area (Å²) in [5.74, 6) is -0.995. The first-order chi connectivity index (χ1) is 13.3. The van der Waals surface area contributed by atoms with Gasteiger partial charge < -0.3 is 9.72 Å². The second-order valence-electron chi connectivity index (χ2n) is 6.82. The van der Waals surface area contributed by atoms with Crippen LogP contribution in [0.1, 0.15) is 28.2 Å². The van der Waals surface area contributed by atoms with E-state index < -0.39 is 21.7 Å². The Labute approximate surface area is 165 Å². The van der Waals surface area contributed by atoms with Gasteiger partial charge in [0.15, 0.2) is 0 Å². The zero-order chi connectivity index (χ0) is 20.3. The number of aromatic nitrogens is 1. The number of nitrogens with one attached hydrogen (secondary N) is 1. The molecule has 2 aromatic carbocycles. The molecule has 28 heavy (non-hydrogen) atoms. The van der Waals surface area contributed by atoms with Crippen LogP contribution >= 0.6 is 0 Å². The summed E-state index contributed by atoms with van der Waals surface area (Å²) in [6, 6.07) is 16.0. The monoisotopic (exact) mass is 397 g/mol. The maximum absolute atomic E-state index is 12.9. The minimum absolute atomic E-state index is 0.0602. The molecule has 0 fully saturated rings. The molecule has 3 rings (SSSR count). The minimum atomic E-state index is -3.69. The van der Waals surface area contributed by atoms with Crippen LogP contribution in [-0.4, -0.2) is 26.5 Å². The largest absolute Gasteiger partial charge is 0.469 e. The molecule has 6 heteroatoms. The molecule has 3 aromatic rings. The quantitative estimate of drug-likeness (QED) is 0.639.